The molecule has 0 radical (unpaired) electrons. The van der Waals surface area contributed by atoms with Gasteiger partial charge in [-0.25, -0.2) is 4.68 Å². The van der Waals surface area contributed by atoms with Crippen molar-refractivity contribution in [1.82, 2.24) is 15.0 Å². The highest BCUT2D eigenvalue weighted by atomic mass is 35.6. The predicted octanol–water partition coefficient (Wildman–Crippen LogP) is 3.82. The molecule has 7 heteroatoms. The van der Waals surface area contributed by atoms with E-state index in [1.807, 2.05) is 0 Å². The normalized spacial score (nSPS) is 12.1. The number of alkyl halides is 3. The van der Waals surface area contributed by atoms with Crippen molar-refractivity contribution in [1.29, 1.82) is 0 Å². The van der Waals surface area contributed by atoms with Crippen molar-refractivity contribution >= 4 is 34.8 Å². The van der Waals surface area contributed by atoms with Gasteiger partial charge < -0.3 is 0 Å². The first kappa shape index (κ1) is 14.0. The van der Waals surface area contributed by atoms with Gasteiger partial charge in [0.15, 0.2) is 0 Å². The third kappa shape index (κ3) is 3.75. The molecule has 0 aliphatic carbocycles. The van der Waals surface area contributed by atoms with Gasteiger partial charge in [0, 0.05) is 6.54 Å². The van der Waals surface area contributed by atoms with Crippen molar-refractivity contribution in [2.45, 2.75) is 42.9 Å². The molecule has 0 spiro atoms. The van der Waals surface area contributed by atoms with Crippen LogP contribution >= 0.6 is 34.8 Å². The molecule has 1 aromatic heterocycles. The molecule has 0 saturated heterocycles. The molecule has 0 N–H and O–H groups in total. The van der Waals surface area contributed by atoms with Crippen LogP contribution in [-0.2, 0) is 10.3 Å². The van der Waals surface area contributed by atoms with Gasteiger partial charge in [-0.3, -0.25) is 0 Å². The summed E-state index contributed by atoms with van der Waals surface area (Å²) in [4.78, 5) is 0. The molecule has 0 atom stereocenters. The van der Waals surface area contributed by atoms with Crippen LogP contribution in [0.25, 0.3) is 0 Å². The van der Waals surface area contributed by atoms with Crippen LogP contribution in [0.1, 0.15) is 38.3 Å². The summed E-state index contributed by atoms with van der Waals surface area (Å²) < 4.78 is 12.7. The minimum atomic E-state index is -1.82. The molecule has 92 valence electrons. The Bertz CT molecular complexity index is 335. The maximum absolute atomic E-state index is 13.2. The van der Waals surface area contributed by atoms with Crippen molar-refractivity contribution in [3.05, 3.63) is 11.6 Å². The highest BCUT2D eigenvalue weighted by molar-refractivity contribution is 6.66. The van der Waals surface area contributed by atoms with Gasteiger partial charge in [-0.15, -0.1) is 0 Å². The fourth-order valence-corrected chi connectivity index (χ4v) is 1.93. The Labute approximate surface area is 109 Å². The quantitative estimate of drug-likeness (QED) is 0.609. The van der Waals surface area contributed by atoms with E-state index < -0.39 is 9.74 Å². The number of unbranched alkanes of at least 4 members (excludes halogenated alkanes) is 3. The average Bonchev–Trinajstić information content (AvgIpc) is 2.54. The zero-order valence-corrected chi connectivity index (χ0v) is 11.2. The van der Waals surface area contributed by atoms with Gasteiger partial charge in [-0.05, 0) is 6.42 Å². The van der Waals surface area contributed by atoms with E-state index in [9.17, 15) is 4.39 Å². The third-order valence-electron chi connectivity index (χ3n) is 2.19. The molecule has 0 amide bonds. The number of hydrogen-bond acceptors (Lipinski definition) is 2. The van der Waals surface area contributed by atoms with Crippen LogP contribution in [-0.4, -0.2) is 15.0 Å². The van der Waals surface area contributed by atoms with E-state index in [1.165, 1.54) is 4.68 Å². The van der Waals surface area contributed by atoms with E-state index >= 15 is 0 Å². The summed E-state index contributed by atoms with van der Waals surface area (Å²) in [5.41, 5.74) is -0.0889. The first-order valence-corrected chi connectivity index (χ1v) is 6.26. The number of halogens is 4. The van der Waals surface area contributed by atoms with Gasteiger partial charge in [-0.2, -0.15) is 4.39 Å². The van der Waals surface area contributed by atoms with Crippen molar-refractivity contribution in [3.8, 4) is 0 Å². The van der Waals surface area contributed by atoms with Crippen LogP contribution in [0.3, 0.4) is 0 Å². The molecule has 1 aromatic rings. The predicted molar refractivity (Wildman–Crippen MR) is 63.4 cm³/mol. The standard InChI is InChI=1S/C9H13Cl3FN3/c1-2-3-4-5-6-16-7(9(10,11)12)8(13)14-15-16/h2-6H2,1H3. The van der Waals surface area contributed by atoms with E-state index in [4.69, 9.17) is 34.8 Å². The highest BCUT2D eigenvalue weighted by Gasteiger charge is 2.32. The minimum absolute atomic E-state index is 0.0889. The van der Waals surface area contributed by atoms with E-state index in [-0.39, 0.29) is 5.69 Å². The second kappa shape index (κ2) is 6.03. The molecule has 0 fully saturated rings. The molecule has 0 aromatic carbocycles. The highest BCUT2D eigenvalue weighted by Crippen LogP contribution is 2.38. The molecular formula is C9H13Cl3FN3. The van der Waals surface area contributed by atoms with Gasteiger partial charge in [0.1, 0.15) is 5.69 Å². The fraction of sp³-hybridized carbons (Fsp3) is 0.778. The lowest BCUT2D eigenvalue weighted by Gasteiger charge is -2.12. The largest absolute Gasteiger partial charge is 0.260 e. The Hall–Kier alpha value is -0.0600. The van der Waals surface area contributed by atoms with Crippen LogP contribution in [0.4, 0.5) is 4.39 Å². The van der Waals surface area contributed by atoms with Crippen LogP contribution in [0.15, 0.2) is 0 Å². The van der Waals surface area contributed by atoms with Crippen molar-refractivity contribution < 1.29 is 4.39 Å². The summed E-state index contributed by atoms with van der Waals surface area (Å²) >= 11 is 16.9. The van der Waals surface area contributed by atoms with Crippen molar-refractivity contribution in [2.24, 2.45) is 0 Å². The van der Waals surface area contributed by atoms with E-state index in [1.54, 1.807) is 0 Å². The van der Waals surface area contributed by atoms with E-state index in [2.05, 4.69) is 17.2 Å². The lowest BCUT2D eigenvalue weighted by atomic mass is 10.2. The lowest BCUT2D eigenvalue weighted by molar-refractivity contribution is 0.513. The Kier molecular flexibility index (Phi) is 5.28. The van der Waals surface area contributed by atoms with Gasteiger partial charge in [-0.1, -0.05) is 71.3 Å². The van der Waals surface area contributed by atoms with Gasteiger partial charge >= 0.3 is 0 Å². The number of nitrogens with zero attached hydrogens (tertiary/aromatic N) is 3. The lowest BCUT2D eigenvalue weighted by Crippen LogP contribution is -2.13. The van der Waals surface area contributed by atoms with Crippen LogP contribution < -0.4 is 0 Å². The molecule has 1 heterocycles. The molecular weight excluding hydrogens is 275 g/mol. The average molecular weight is 289 g/mol. The third-order valence-corrected chi connectivity index (χ3v) is 2.72. The smallest absolute Gasteiger partial charge is 0.242 e. The molecule has 0 aliphatic heterocycles. The molecule has 0 bridgehead atoms. The number of aryl methyl sites for hydroxylation is 1. The zero-order chi connectivity index (χ0) is 12.2. The number of rotatable bonds is 5. The summed E-state index contributed by atoms with van der Waals surface area (Å²) in [5.74, 6) is -0.824. The SMILES string of the molecule is CCCCCCn1nnc(F)c1C(Cl)(Cl)Cl. The maximum atomic E-state index is 13.2. The number of aromatic nitrogens is 3. The second-order valence-corrected chi connectivity index (χ2v) is 5.79. The second-order valence-electron chi connectivity index (χ2n) is 3.51. The van der Waals surface area contributed by atoms with Gasteiger partial charge in [0.2, 0.25) is 3.79 Å². The van der Waals surface area contributed by atoms with Crippen molar-refractivity contribution in [2.75, 3.05) is 0 Å². The topological polar surface area (TPSA) is 30.7 Å². The minimum Gasteiger partial charge on any atom is -0.242 e. The fourth-order valence-electron chi connectivity index (χ4n) is 1.40. The molecule has 0 unspecified atom stereocenters. The summed E-state index contributed by atoms with van der Waals surface area (Å²) in [6.45, 7) is 2.63. The van der Waals surface area contributed by atoms with Crippen LogP contribution in [0.2, 0.25) is 0 Å². The van der Waals surface area contributed by atoms with Crippen LogP contribution in [0, 0.1) is 5.95 Å². The number of hydrogen-bond donors (Lipinski definition) is 0. The first-order chi connectivity index (χ1) is 7.46. The Morgan fingerprint density at radius 2 is 1.94 bits per heavy atom. The monoisotopic (exact) mass is 287 g/mol. The Morgan fingerprint density at radius 3 is 2.50 bits per heavy atom. The molecule has 1 rings (SSSR count). The van der Waals surface area contributed by atoms with Crippen LogP contribution in [0.5, 0.6) is 0 Å². The first-order valence-electron chi connectivity index (χ1n) is 5.13. The molecule has 16 heavy (non-hydrogen) atoms. The summed E-state index contributed by atoms with van der Waals surface area (Å²) in [7, 11) is 0. The van der Waals surface area contributed by atoms with Gasteiger partial charge in [0.25, 0.3) is 5.95 Å². The van der Waals surface area contributed by atoms with E-state index in [0.717, 1.165) is 25.7 Å². The Morgan fingerprint density at radius 1 is 1.25 bits per heavy atom. The molecule has 3 nitrogen and oxygen atoms in total. The summed E-state index contributed by atoms with van der Waals surface area (Å²) in [5, 5.41) is 6.89. The van der Waals surface area contributed by atoms with Gasteiger partial charge in [0.05, 0.1) is 0 Å². The molecule has 0 saturated carbocycles. The Balaban J connectivity index is 2.66. The molecule has 0 aliphatic rings. The summed E-state index contributed by atoms with van der Waals surface area (Å²) in [6, 6.07) is 0. The zero-order valence-electron chi connectivity index (χ0n) is 8.89. The van der Waals surface area contributed by atoms with Crippen molar-refractivity contribution in [3.63, 3.8) is 0 Å². The maximum Gasteiger partial charge on any atom is 0.260 e. The van der Waals surface area contributed by atoms with E-state index in [0.29, 0.717) is 6.54 Å². The summed E-state index contributed by atoms with van der Waals surface area (Å²) in [6.07, 6.45) is 4.16.